The van der Waals surface area contributed by atoms with Gasteiger partial charge in [-0.25, -0.2) is 5.43 Å². The number of hydrogen-bond donors (Lipinski definition) is 1. The van der Waals surface area contributed by atoms with Gasteiger partial charge in [-0.15, -0.1) is 0 Å². The number of methoxy groups -OCH3 is 1. The Balaban J connectivity index is 1.56. The van der Waals surface area contributed by atoms with Crippen molar-refractivity contribution in [3.63, 3.8) is 0 Å². The van der Waals surface area contributed by atoms with Crippen LogP contribution in [0.1, 0.15) is 11.1 Å². The van der Waals surface area contributed by atoms with Crippen LogP contribution in [-0.4, -0.2) is 39.1 Å². The number of hydrazone groups is 1. The Kier molecular flexibility index (Phi) is 6.03. The van der Waals surface area contributed by atoms with Crippen LogP contribution in [0.5, 0.6) is 23.0 Å². The molecule has 2 aromatic rings. The molecule has 0 saturated carbocycles. The third-order valence-electron chi connectivity index (χ3n) is 3.75. The third-order valence-corrected chi connectivity index (χ3v) is 4.18. The highest BCUT2D eigenvalue weighted by atomic mass is 35.5. The van der Waals surface area contributed by atoms with Gasteiger partial charge >= 0.3 is 0 Å². The quantitative estimate of drug-likeness (QED) is 0.606. The average molecular weight is 391 g/mol. The van der Waals surface area contributed by atoms with E-state index in [2.05, 4.69) is 10.5 Å². The first kappa shape index (κ1) is 18.8. The second-order valence-electron chi connectivity index (χ2n) is 5.74. The van der Waals surface area contributed by atoms with E-state index in [9.17, 15) is 4.79 Å². The highest BCUT2D eigenvalue weighted by Gasteiger charge is 2.17. The zero-order valence-electron chi connectivity index (χ0n) is 15.0. The number of carbonyl (C=O) groups is 1. The fourth-order valence-corrected chi connectivity index (χ4v) is 2.55. The van der Waals surface area contributed by atoms with E-state index in [1.807, 2.05) is 6.92 Å². The molecule has 142 valence electrons. The summed E-state index contributed by atoms with van der Waals surface area (Å²) in [5.74, 6) is 1.86. The second kappa shape index (κ2) is 8.64. The first-order chi connectivity index (χ1) is 13.1. The van der Waals surface area contributed by atoms with E-state index >= 15 is 0 Å². The predicted octanol–water partition coefficient (Wildman–Crippen LogP) is 2.96. The topological polar surface area (TPSA) is 78.4 Å². The molecule has 0 spiro atoms. The van der Waals surface area contributed by atoms with Gasteiger partial charge in [-0.3, -0.25) is 4.79 Å². The number of benzene rings is 2. The Morgan fingerprint density at radius 3 is 2.89 bits per heavy atom. The number of carbonyl (C=O) groups excluding carboxylic acids is 1. The van der Waals surface area contributed by atoms with E-state index in [4.69, 9.17) is 30.5 Å². The molecule has 1 N–H and O–H groups in total. The molecule has 0 unspecified atom stereocenters. The van der Waals surface area contributed by atoms with Crippen molar-refractivity contribution in [1.29, 1.82) is 0 Å². The van der Waals surface area contributed by atoms with Crippen LogP contribution >= 0.6 is 11.6 Å². The van der Waals surface area contributed by atoms with Crippen molar-refractivity contribution in [3.8, 4) is 23.0 Å². The number of aryl methyl sites for hydroxylation is 1. The van der Waals surface area contributed by atoms with E-state index in [1.165, 1.54) is 6.21 Å². The standard InChI is InChI=1S/C19H19ClN2O5/c1-12-7-14(3-4-15(12)20)27-11-18(23)22-21-10-13-8-16(24-2)19-17(9-13)25-5-6-26-19/h3-4,7-10H,5-6,11H2,1-2H3,(H,22,23)/b21-10-. The number of nitrogens with zero attached hydrogens (tertiary/aromatic N) is 1. The molecule has 1 amide bonds. The molecule has 7 nitrogen and oxygen atoms in total. The molecule has 3 rings (SSSR count). The van der Waals surface area contributed by atoms with Gasteiger partial charge in [0, 0.05) is 10.6 Å². The molecule has 2 aromatic carbocycles. The molecule has 1 aliphatic rings. The first-order valence-electron chi connectivity index (χ1n) is 8.25. The molecular formula is C19H19ClN2O5. The van der Waals surface area contributed by atoms with Crippen molar-refractivity contribution < 1.29 is 23.7 Å². The molecule has 0 aromatic heterocycles. The zero-order chi connectivity index (χ0) is 19.2. The molecule has 0 saturated heterocycles. The highest BCUT2D eigenvalue weighted by Crippen LogP contribution is 2.39. The van der Waals surface area contributed by atoms with Crippen LogP contribution in [0, 0.1) is 6.92 Å². The van der Waals surface area contributed by atoms with Crippen molar-refractivity contribution in [2.45, 2.75) is 6.92 Å². The lowest BCUT2D eigenvalue weighted by atomic mass is 10.2. The summed E-state index contributed by atoms with van der Waals surface area (Å²) >= 11 is 5.96. The lowest BCUT2D eigenvalue weighted by Crippen LogP contribution is -2.24. The van der Waals surface area contributed by atoms with E-state index < -0.39 is 0 Å². The van der Waals surface area contributed by atoms with Gasteiger partial charge in [-0.05, 0) is 42.8 Å². The van der Waals surface area contributed by atoms with Gasteiger partial charge in [0.1, 0.15) is 19.0 Å². The van der Waals surface area contributed by atoms with Crippen LogP contribution in [0.4, 0.5) is 0 Å². The third kappa shape index (κ3) is 4.83. The zero-order valence-corrected chi connectivity index (χ0v) is 15.7. The number of hydrogen-bond acceptors (Lipinski definition) is 6. The largest absolute Gasteiger partial charge is 0.493 e. The van der Waals surface area contributed by atoms with Gasteiger partial charge in [0.2, 0.25) is 5.75 Å². The van der Waals surface area contributed by atoms with Gasteiger partial charge < -0.3 is 18.9 Å². The molecule has 1 aliphatic heterocycles. The fraction of sp³-hybridized carbons (Fsp3) is 0.263. The second-order valence-corrected chi connectivity index (χ2v) is 6.15. The minimum Gasteiger partial charge on any atom is -0.493 e. The van der Waals surface area contributed by atoms with Crippen LogP contribution in [0.2, 0.25) is 5.02 Å². The molecule has 8 heteroatoms. The van der Waals surface area contributed by atoms with Gasteiger partial charge in [0.25, 0.3) is 5.91 Å². The maximum Gasteiger partial charge on any atom is 0.277 e. The normalized spacial score (nSPS) is 12.7. The van der Waals surface area contributed by atoms with E-state index in [0.717, 1.165) is 5.56 Å². The van der Waals surface area contributed by atoms with Gasteiger partial charge in [-0.1, -0.05) is 11.6 Å². The fourth-order valence-electron chi connectivity index (χ4n) is 2.43. The number of rotatable bonds is 6. The lowest BCUT2D eigenvalue weighted by Gasteiger charge is -2.20. The Hall–Kier alpha value is -2.93. The van der Waals surface area contributed by atoms with Crippen molar-refractivity contribution in [2.75, 3.05) is 26.9 Å². The molecule has 0 aliphatic carbocycles. The van der Waals surface area contributed by atoms with Crippen molar-refractivity contribution >= 4 is 23.7 Å². The Morgan fingerprint density at radius 2 is 2.11 bits per heavy atom. The van der Waals surface area contributed by atoms with Crippen LogP contribution in [0.3, 0.4) is 0 Å². The smallest absolute Gasteiger partial charge is 0.277 e. The Labute approximate surface area is 161 Å². The molecule has 0 atom stereocenters. The summed E-state index contributed by atoms with van der Waals surface area (Å²) in [5.41, 5.74) is 3.99. The summed E-state index contributed by atoms with van der Waals surface area (Å²) < 4.78 is 21.8. The highest BCUT2D eigenvalue weighted by molar-refractivity contribution is 6.31. The minimum atomic E-state index is -0.386. The van der Waals surface area contributed by atoms with Gasteiger partial charge in [0.15, 0.2) is 18.1 Å². The van der Waals surface area contributed by atoms with Crippen molar-refractivity contribution in [3.05, 3.63) is 46.5 Å². The molecule has 0 bridgehead atoms. The van der Waals surface area contributed by atoms with Gasteiger partial charge in [0.05, 0.1) is 13.3 Å². The molecule has 27 heavy (non-hydrogen) atoms. The van der Waals surface area contributed by atoms with Gasteiger partial charge in [-0.2, -0.15) is 5.10 Å². The van der Waals surface area contributed by atoms with Crippen LogP contribution in [0.25, 0.3) is 0 Å². The summed E-state index contributed by atoms with van der Waals surface area (Å²) in [7, 11) is 1.55. The molecule has 0 fully saturated rings. The molecule has 0 radical (unpaired) electrons. The SMILES string of the molecule is COc1cc(/C=N\NC(=O)COc2ccc(Cl)c(C)c2)cc2c1OCCO2. The van der Waals surface area contributed by atoms with Crippen LogP contribution in [-0.2, 0) is 4.79 Å². The van der Waals surface area contributed by atoms with Crippen molar-refractivity contribution in [2.24, 2.45) is 5.10 Å². The molecule has 1 heterocycles. The molecular weight excluding hydrogens is 372 g/mol. The minimum absolute atomic E-state index is 0.164. The maximum absolute atomic E-state index is 11.9. The number of ether oxygens (including phenoxy) is 4. The van der Waals surface area contributed by atoms with E-state index in [-0.39, 0.29) is 12.5 Å². The summed E-state index contributed by atoms with van der Waals surface area (Å²) in [6.07, 6.45) is 1.49. The first-order valence-corrected chi connectivity index (χ1v) is 8.63. The Morgan fingerprint density at radius 1 is 1.30 bits per heavy atom. The summed E-state index contributed by atoms with van der Waals surface area (Å²) in [6.45, 7) is 2.64. The summed E-state index contributed by atoms with van der Waals surface area (Å²) in [6, 6.07) is 8.70. The predicted molar refractivity (Wildman–Crippen MR) is 101 cm³/mol. The van der Waals surface area contributed by atoms with Crippen LogP contribution in [0.15, 0.2) is 35.4 Å². The number of nitrogens with one attached hydrogen (secondary N) is 1. The Bertz CT molecular complexity index is 852. The average Bonchev–Trinajstić information content (AvgIpc) is 2.68. The number of fused-ring (bicyclic) bond motifs is 1. The summed E-state index contributed by atoms with van der Waals surface area (Å²) in [4.78, 5) is 11.9. The van der Waals surface area contributed by atoms with Crippen LogP contribution < -0.4 is 24.4 Å². The van der Waals surface area contributed by atoms with E-state index in [1.54, 1.807) is 37.4 Å². The monoisotopic (exact) mass is 390 g/mol. The lowest BCUT2D eigenvalue weighted by molar-refractivity contribution is -0.123. The number of halogens is 1. The number of amides is 1. The maximum atomic E-state index is 11.9. The van der Waals surface area contributed by atoms with Crippen molar-refractivity contribution in [1.82, 2.24) is 5.43 Å². The summed E-state index contributed by atoms with van der Waals surface area (Å²) in [5, 5.41) is 4.58. The van der Waals surface area contributed by atoms with E-state index in [0.29, 0.717) is 46.8 Å².